The minimum atomic E-state index is -4.49. The Hall–Kier alpha value is -2.91. The average molecular weight is 379 g/mol. The van der Waals surface area contributed by atoms with Crippen LogP contribution in [0.15, 0.2) is 23.0 Å². The number of rotatable bonds is 4. The monoisotopic (exact) mass is 379 g/mol. The molecule has 0 saturated heterocycles. The summed E-state index contributed by atoms with van der Waals surface area (Å²) in [5.41, 5.74) is 2.51. The minimum absolute atomic E-state index is 0.0176. The predicted molar refractivity (Wildman–Crippen MR) is 88.0 cm³/mol. The molecule has 1 aliphatic rings. The van der Waals surface area contributed by atoms with Gasteiger partial charge in [-0.1, -0.05) is 5.16 Å². The van der Waals surface area contributed by atoms with Gasteiger partial charge in [0.1, 0.15) is 23.6 Å². The lowest BCUT2D eigenvalue weighted by Crippen LogP contribution is -2.46. The molecule has 1 fully saturated rings. The Bertz CT molecular complexity index is 1020. The van der Waals surface area contributed by atoms with Crippen LogP contribution in [0.2, 0.25) is 0 Å². The van der Waals surface area contributed by atoms with E-state index in [-0.39, 0.29) is 11.2 Å². The Balaban J connectivity index is 1.72. The van der Waals surface area contributed by atoms with Crippen molar-refractivity contribution in [1.29, 1.82) is 0 Å². The lowest BCUT2D eigenvalue weighted by atomic mass is 10.1. The van der Waals surface area contributed by atoms with Crippen LogP contribution < -0.4 is 5.32 Å². The summed E-state index contributed by atoms with van der Waals surface area (Å²) < 4.78 is 46.0. The molecule has 1 saturated carbocycles. The lowest BCUT2D eigenvalue weighted by Gasteiger charge is -2.20. The maximum Gasteiger partial charge on any atom is 0.408 e. The lowest BCUT2D eigenvalue weighted by molar-refractivity contribution is -0.158. The number of alkyl halides is 3. The van der Waals surface area contributed by atoms with E-state index >= 15 is 0 Å². The van der Waals surface area contributed by atoms with E-state index in [1.807, 2.05) is 0 Å². The zero-order chi connectivity index (χ0) is 19.3. The molecule has 0 radical (unpaired) electrons. The van der Waals surface area contributed by atoms with E-state index in [0.717, 1.165) is 5.56 Å². The third-order valence-electron chi connectivity index (χ3n) is 4.62. The molecule has 1 amide bonds. The van der Waals surface area contributed by atoms with Gasteiger partial charge in [0.25, 0.3) is 5.91 Å². The summed E-state index contributed by atoms with van der Waals surface area (Å²) in [7, 11) is 0. The van der Waals surface area contributed by atoms with Crippen LogP contribution >= 0.6 is 0 Å². The Labute approximate surface area is 151 Å². The molecule has 7 nitrogen and oxygen atoms in total. The van der Waals surface area contributed by atoms with Gasteiger partial charge in [-0.05, 0) is 38.7 Å². The topological polar surface area (TPSA) is 85.3 Å². The highest BCUT2D eigenvalue weighted by molar-refractivity contribution is 6.00. The molecule has 1 atom stereocenters. The van der Waals surface area contributed by atoms with Crippen molar-refractivity contribution in [3.63, 3.8) is 0 Å². The Kier molecular flexibility index (Phi) is 3.93. The average Bonchev–Trinajstić information content (AvgIpc) is 3.17. The molecule has 3 heterocycles. The van der Waals surface area contributed by atoms with Crippen molar-refractivity contribution in [2.24, 2.45) is 5.92 Å². The molecule has 0 bridgehead atoms. The SMILES string of the molecule is Cc1conc1-c1cc(C)n2ncc(C(=O)N[C@H](C3CC3)C(F)(F)F)c2n1. The number of nitrogens with zero attached hydrogens (tertiary/aromatic N) is 4. The number of fused-ring (bicyclic) bond motifs is 1. The van der Waals surface area contributed by atoms with Crippen LogP contribution in [0.5, 0.6) is 0 Å². The van der Waals surface area contributed by atoms with Gasteiger partial charge in [-0.3, -0.25) is 4.79 Å². The number of halogens is 3. The molecule has 0 spiro atoms. The molecule has 27 heavy (non-hydrogen) atoms. The van der Waals surface area contributed by atoms with Gasteiger partial charge in [-0.15, -0.1) is 0 Å². The van der Waals surface area contributed by atoms with Gasteiger partial charge in [0.2, 0.25) is 0 Å². The number of nitrogens with one attached hydrogen (secondary N) is 1. The summed E-state index contributed by atoms with van der Waals surface area (Å²) in [5.74, 6) is -1.42. The van der Waals surface area contributed by atoms with E-state index in [2.05, 4.69) is 20.6 Å². The van der Waals surface area contributed by atoms with E-state index in [0.29, 0.717) is 29.9 Å². The number of carbonyl (C=O) groups is 1. The highest BCUT2D eigenvalue weighted by atomic mass is 19.4. The number of aryl methyl sites for hydroxylation is 2. The molecule has 1 aliphatic carbocycles. The molecule has 142 valence electrons. The second-order valence-electron chi connectivity index (χ2n) is 6.75. The predicted octanol–water partition coefficient (Wildman–Crippen LogP) is 3.07. The van der Waals surface area contributed by atoms with Crippen molar-refractivity contribution >= 4 is 11.6 Å². The largest absolute Gasteiger partial charge is 0.408 e. The number of aromatic nitrogens is 4. The quantitative estimate of drug-likeness (QED) is 0.753. The van der Waals surface area contributed by atoms with Crippen LogP contribution in [-0.2, 0) is 0 Å². The first kappa shape index (κ1) is 17.5. The van der Waals surface area contributed by atoms with Crippen LogP contribution in [0.3, 0.4) is 0 Å². The summed E-state index contributed by atoms with van der Waals surface area (Å²) >= 11 is 0. The normalized spacial score (nSPS) is 15.9. The van der Waals surface area contributed by atoms with Gasteiger partial charge < -0.3 is 9.84 Å². The second-order valence-corrected chi connectivity index (χ2v) is 6.75. The molecule has 0 aromatic carbocycles. The maximum absolute atomic E-state index is 13.2. The second kappa shape index (κ2) is 6.07. The smallest absolute Gasteiger partial charge is 0.364 e. The van der Waals surface area contributed by atoms with Crippen molar-refractivity contribution in [2.45, 2.75) is 38.9 Å². The molecule has 3 aromatic rings. The van der Waals surface area contributed by atoms with E-state index < -0.39 is 24.0 Å². The summed E-state index contributed by atoms with van der Waals surface area (Å²) in [6.45, 7) is 3.55. The van der Waals surface area contributed by atoms with Crippen LogP contribution in [0.1, 0.15) is 34.5 Å². The van der Waals surface area contributed by atoms with Gasteiger partial charge in [0, 0.05) is 11.3 Å². The third kappa shape index (κ3) is 3.15. The zero-order valence-corrected chi connectivity index (χ0v) is 14.5. The molecule has 1 N–H and O–H groups in total. The van der Waals surface area contributed by atoms with Gasteiger partial charge in [0.05, 0.1) is 11.9 Å². The highest BCUT2D eigenvalue weighted by Gasteiger charge is 2.49. The number of amides is 1. The molecule has 0 aliphatic heterocycles. The Morgan fingerprint density at radius 1 is 1.37 bits per heavy atom. The molecular weight excluding hydrogens is 363 g/mol. The maximum atomic E-state index is 13.2. The van der Waals surface area contributed by atoms with Gasteiger partial charge in [0.15, 0.2) is 5.65 Å². The molecule has 0 unspecified atom stereocenters. The van der Waals surface area contributed by atoms with E-state index in [4.69, 9.17) is 4.52 Å². The Morgan fingerprint density at radius 2 is 2.11 bits per heavy atom. The number of hydrogen-bond acceptors (Lipinski definition) is 5. The van der Waals surface area contributed by atoms with Crippen molar-refractivity contribution in [3.8, 4) is 11.4 Å². The Morgan fingerprint density at radius 3 is 2.70 bits per heavy atom. The summed E-state index contributed by atoms with van der Waals surface area (Å²) in [5, 5.41) is 10.1. The fourth-order valence-corrected chi connectivity index (χ4v) is 3.04. The molecule has 3 aromatic heterocycles. The van der Waals surface area contributed by atoms with Crippen molar-refractivity contribution in [3.05, 3.63) is 35.3 Å². The summed E-state index contributed by atoms with van der Waals surface area (Å²) in [6, 6.07) is -0.142. The standard InChI is InChI=1S/C17H16F3N5O2/c1-8-7-27-24-13(8)12-5-9(2)25-15(22-12)11(6-21-25)16(26)23-14(10-3-4-10)17(18,19)20/h5-7,10,14H,3-4H2,1-2H3,(H,23,26)/t14-/m1/s1. The van der Waals surface area contributed by atoms with Gasteiger partial charge in [-0.25, -0.2) is 9.50 Å². The van der Waals surface area contributed by atoms with E-state index in [9.17, 15) is 18.0 Å². The highest BCUT2D eigenvalue weighted by Crippen LogP contribution is 2.40. The zero-order valence-electron chi connectivity index (χ0n) is 14.5. The fourth-order valence-electron chi connectivity index (χ4n) is 3.04. The summed E-state index contributed by atoms with van der Waals surface area (Å²) in [4.78, 5) is 16.9. The van der Waals surface area contributed by atoms with E-state index in [1.165, 1.54) is 17.0 Å². The van der Waals surface area contributed by atoms with Crippen LogP contribution in [0.25, 0.3) is 17.0 Å². The molecular formula is C17H16F3N5O2. The minimum Gasteiger partial charge on any atom is -0.364 e. The van der Waals surface area contributed by atoms with Crippen molar-refractivity contribution < 1.29 is 22.5 Å². The number of carbonyl (C=O) groups excluding carboxylic acids is 1. The van der Waals surface area contributed by atoms with Gasteiger partial charge >= 0.3 is 6.18 Å². The van der Waals surface area contributed by atoms with Crippen LogP contribution in [-0.4, -0.2) is 37.9 Å². The first-order valence-corrected chi connectivity index (χ1v) is 8.40. The van der Waals surface area contributed by atoms with Crippen molar-refractivity contribution in [2.75, 3.05) is 0 Å². The van der Waals surface area contributed by atoms with Crippen molar-refractivity contribution in [1.82, 2.24) is 25.1 Å². The summed E-state index contributed by atoms with van der Waals surface area (Å²) in [6.07, 6.45) is -0.904. The van der Waals surface area contributed by atoms with Crippen LogP contribution in [0, 0.1) is 19.8 Å². The third-order valence-corrected chi connectivity index (χ3v) is 4.62. The first-order chi connectivity index (χ1) is 12.8. The van der Waals surface area contributed by atoms with Gasteiger partial charge in [-0.2, -0.15) is 18.3 Å². The van der Waals surface area contributed by atoms with E-state index in [1.54, 1.807) is 19.9 Å². The fraction of sp³-hybridized carbons (Fsp3) is 0.412. The van der Waals surface area contributed by atoms with Crippen LogP contribution in [0.4, 0.5) is 13.2 Å². The number of hydrogen-bond donors (Lipinski definition) is 1. The molecule has 4 rings (SSSR count). The molecule has 10 heteroatoms. The first-order valence-electron chi connectivity index (χ1n) is 8.40.